The zero-order valence-electron chi connectivity index (χ0n) is 5.88. The highest BCUT2D eigenvalue weighted by Crippen LogP contribution is 2.26. The van der Waals surface area contributed by atoms with Crippen molar-refractivity contribution in [2.24, 2.45) is 5.92 Å². The third kappa shape index (κ3) is 1.09. The molecule has 0 aromatic rings. The lowest BCUT2D eigenvalue weighted by Gasteiger charge is -2.27. The molecule has 1 radical (unpaired) electrons. The summed E-state index contributed by atoms with van der Waals surface area (Å²) >= 11 is 0. The Labute approximate surface area is 60.8 Å². The summed E-state index contributed by atoms with van der Waals surface area (Å²) in [4.78, 5) is 0. The smallest absolute Gasteiger partial charge is 0.0913 e. The van der Waals surface area contributed by atoms with E-state index in [1.165, 1.54) is 5.57 Å². The van der Waals surface area contributed by atoms with Crippen LogP contribution >= 0.6 is 0 Å². The van der Waals surface area contributed by atoms with E-state index < -0.39 is 0 Å². The lowest BCUT2D eigenvalue weighted by Crippen LogP contribution is -2.23. The van der Waals surface area contributed by atoms with Crippen LogP contribution in [0.15, 0.2) is 11.6 Å². The normalized spacial score (nSPS) is 32.8. The molecule has 0 N–H and O–H groups in total. The molecular weight excluding hydrogens is 128 g/mol. The first-order valence-electron chi connectivity index (χ1n) is 3.68. The summed E-state index contributed by atoms with van der Waals surface area (Å²) in [6, 6.07) is 0. The van der Waals surface area contributed by atoms with E-state index in [1.807, 2.05) is 6.61 Å². The molecule has 0 aliphatic carbocycles. The van der Waals surface area contributed by atoms with Crippen LogP contribution in [-0.2, 0) is 9.47 Å². The molecule has 1 fully saturated rings. The molecule has 1 unspecified atom stereocenters. The van der Waals surface area contributed by atoms with Gasteiger partial charge in [-0.2, -0.15) is 0 Å². The maximum Gasteiger partial charge on any atom is 0.0913 e. The fourth-order valence-corrected chi connectivity index (χ4v) is 1.39. The van der Waals surface area contributed by atoms with Crippen molar-refractivity contribution in [1.29, 1.82) is 0 Å². The van der Waals surface area contributed by atoms with Crippen molar-refractivity contribution in [1.82, 2.24) is 0 Å². The van der Waals surface area contributed by atoms with Gasteiger partial charge >= 0.3 is 0 Å². The van der Waals surface area contributed by atoms with Crippen LogP contribution in [0.5, 0.6) is 0 Å². The highest BCUT2D eigenvalue weighted by molar-refractivity contribution is 5.14. The van der Waals surface area contributed by atoms with E-state index >= 15 is 0 Å². The van der Waals surface area contributed by atoms with E-state index in [9.17, 15) is 0 Å². The maximum absolute atomic E-state index is 5.30. The average Bonchev–Trinajstić information content (AvgIpc) is 2.05. The van der Waals surface area contributed by atoms with Crippen molar-refractivity contribution in [3.05, 3.63) is 18.3 Å². The fourth-order valence-electron chi connectivity index (χ4n) is 1.39. The molecule has 0 saturated carbocycles. The standard InChI is InChI=1S/C8H11O2/c1-3-9-6-8-2-4-10-5-7(1)8/h1,6,8H,2-5H2. The Hall–Kier alpha value is -0.340. The molecule has 2 heteroatoms. The van der Waals surface area contributed by atoms with Crippen LogP contribution in [0.25, 0.3) is 0 Å². The monoisotopic (exact) mass is 139 g/mol. The predicted molar refractivity (Wildman–Crippen MR) is 37.3 cm³/mol. The molecule has 2 aliphatic rings. The van der Waals surface area contributed by atoms with Crippen LogP contribution < -0.4 is 0 Å². The van der Waals surface area contributed by atoms with E-state index in [2.05, 4.69) is 6.08 Å². The first-order chi connectivity index (χ1) is 4.97. The van der Waals surface area contributed by atoms with Gasteiger partial charge in [0, 0.05) is 12.5 Å². The molecule has 0 spiro atoms. The van der Waals surface area contributed by atoms with E-state index in [1.54, 1.807) is 0 Å². The number of fused-ring (bicyclic) bond motifs is 1. The molecule has 10 heavy (non-hydrogen) atoms. The summed E-state index contributed by atoms with van der Waals surface area (Å²) < 4.78 is 10.5. The van der Waals surface area contributed by atoms with Gasteiger partial charge in [-0.3, -0.25) is 0 Å². The van der Waals surface area contributed by atoms with Crippen molar-refractivity contribution in [2.75, 3.05) is 19.8 Å². The fraction of sp³-hybridized carbons (Fsp3) is 0.625. The summed E-state index contributed by atoms with van der Waals surface area (Å²) in [5, 5.41) is 0. The lowest BCUT2D eigenvalue weighted by atomic mass is 9.94. The molecule has 0 bridgehead atoms. The minimum absolute atomic E-state index is 0.544. The van der Waals surface area contributed by atoms with Crippen LogP contribution in [0.3, 0.4) is 0 Å². The highest BCUT2D eigenvalue weighted by atomic mass is 16.5. The Morgan fingerprint density at radius 2 is 2.50 bits per heavy atom. The van der Waals surface area contributed by atoms with Gasteiger partial charge in [0.1, 0.15) is 0 Å². The molecule has 0 aromatic heterocycles. The van der Waals surface area contributed by atoms with E-state index in [4.69, 9.17) is 9.47 Å². The van der Waals surface area contributed by atoms with Gasteiger partial charge in [-0.05, 0) is 12.0 Å². The lowest BCUT2D eigenvalue weighted by molar-refractivity contribution is 0.0802. The topological polar surface area (TPSA) is 18.5 Å². The summed E-state index contributed by atoms with van der Waals surface area (Å²) in [5.41, 5.74) is 1.40. The molecule has 2 nitrogen and oxygen atoms in total. The van der Waals surface area contributed by atoms with Crippen LogP contribution in [0.1, 0.15) is 6.42 Å². The summed E-state index contributed by atoms with van der Waals surface area (Å²) in [7, 11) is 0. The Kier molecular flexibility index (Phi) is 1.74. The number of ether oxygens (including phenoxy) is 2. The van der Waals surface area contributed by atoms with Gasteiger partial charge in [0.2, 0.25) is 0 Å². The average molecular weight is 139 g/mol. The number of hydrogen-bond donors (Lipinski definition) is 0. The molecule has 2 heterocycles. The van der Waals surface area contributed by atoms with E-state index in [0.717, 1.165) is 26.2 Å². The number of rotatable bonds is 0. The summed E-state index contributed by atoms with van der Waals surface area (Å²) in [6.07, 6.45) is 3.22. The Balaban J connectivity index is 2.08. The van der Waals surface area contributed by atoms with Gasteiger partial charge < -0.3 is 9.47 Å². The summed E-state index contributed by atoms with van der Waals surface area (Å²) in [5.74, 6) is 0.544. The third-order valence-electron chi connectivity index (χ3n) is 2.02. The van der Waals surface area contributed by atoms with Crippen LogP contribution in [-0.4, -0.2) is 19.8 Å². The molecular formula is C8H11O2. The second-order valence-corrected chi connectivity index (χ2v) is 2.70. The van der Waals surface area contributed by atoms with Gasteiger partial charge in [0.05, 0.1) is 19.8 Å². The predicted octanol–water partition coefficient (Wildman–Crippen LogP) is 1.14. The Bertz CT molecular complexity index is 151. The second-order valence-electron chi connectivity index (χ2n) is 2.70. The molecule has 0 aromatic carbocycles. The van der Waals surface area contributed by atoms with Gasteiger partial charge in [-0.1, -0.05) is 6.08 Å². The van der Waals surface area contributed by atoms with Crippen molar-refractivity contribution >= 4 is 0 Å². The van der Waals surface area contributed by atoms with Crippen LogP contribution in [0.2, 0.25) is 0 Å². The Morgan fingerprint density at radius 3 is 3.40 bits per heavy atom. The van der Waals surface area contributed by atoms with Crippen molar-refractivity contribution in [3.63, 3.8) is 0 Å². The first kappa shape index (κ1) is 6.38. The quantitative estimate of drug-likeness (QED) is 0.468. The van der Waals surface area contributed by atoms with Crippen LogP contribution in [0.4, 0.5) is 0 Å². The zero-order chi connectivity index (χ0) is 6.81. The third-order valence-corrected chi connectivity index (χ3v) is 2.02. The second kappa shape index (κ2) is 2.72. The van der Waals surface area contributed by atoms with Gasteiger partial charge in [-0.25, -0.2) is 0 Å². The van der Waals surface area contributed by atoms with Crippen LogP contribution in [0, 0.1) is 12.5 Å². The molecule has 1 saturated heterocycles. The Morgan fingerprint density at radius 1 is 1.50 bits per heavy atom. The molecule has 2 aliphatic heterocycles. The van der Waals surface area contributed by atoms with Crippen molar-refractivity contribution in [3.8, 4) is 0 Å². The SMILES string of the molecule is [CH]1OCC=C2COCCC12. The maximum atomic E-state index is 5.30. The molecule has 0 amide bonds. The van der Waals surface area contributed by atoms with E-state index in [0.29, 0.717) is 5.92 Å². The largest absolute Gasteiger partial charge is 0.377 e. The first-order valence-corrected chi connectivity index (χ1v) is 3.68. The van der Waals surface area contributed by atoms with Crippen molar-refractivity contribution in [2.45, 2.75) is 6.42 Å². The summed E-state index contributed by atoms with van der Waals surface area (Å²) in [6.45, 7) is 4.36. The molecule has 55 valence electrons. The molecule has 2 rings (SSSR count). The van der Waals surface area contributed by atoms with Crippen molar-refractivity contribution < 1.29 is 9.47 Å². The minimum Gasteiger partial charge on any atom is -0.377 e. The highest BCUT2D eigenvalue weighted by Gasteiger charge is 2.21. The zero-order valence-corrected chi connectivity index (χ0v) is 5.88. The molecule has 1 atom stereocenters. The van der Waals surface area contributed by atoms with Gasteiger partial charge in [0.15, 0.2) is 0 Å². The minimum atomic E-state index is 0.544. The van der Waals surface area contributed by atoms with E-state index in [-0.39, 0.29) is 0 Å². The van der Waals surface area contributed by atoms with Gasteiger partial charge in [-0.15, -0.1) is 0 Å². The van der Waals surface area contributed by atoms with Gasteiger partial charge in [0.25, 0.3) is 0 Å². The number of hydrogen-bond acceptors (Lipinski definition) is 2.